The van der Waals surface area contributed by atoms with Gasteiger partial charge in [-0.2, -0.15) is 0 Å². The highest BCUT2D eigenvalue weighted by molar-refractivity contribution is 6.08. The van der Waals surface area contributed by atoms with Crippen LogP contribution in [0.25, 0.3) is 0 Å². The summed E-state index contributed by atoms with van der Waals surface area (Å²) in [7, 11) is 3.73. The van der Waals surface area contributed by atoms with Gasteiger partial charge in [0.25, 0.3) is 5.91 Å². The summed E-state index contributed by atoms with van der Waals surface area (Å²) in [5.41, 5.74) is 9.13. The highest BCUT2D eigenvalue weighted by Crippen LogP contribution is 2.24. The van der Waals surface area contributed by atoms with Crippen LogP contribution >= 0.6 is 0 Å². The Balaban J connectivity index is 2.34. The number of nitrogen functional groups attached to an aromatic ring is 1. The SMILES string of the molecule is Cc1noc(NC(=O)c2cc(N)ccc2N(C)C)c1C. The number of carbonyl (C=O) groups excluding carboxylic acids is 1. The number of nitrogens with two attached hydrogens (primary N) is 1. The van der Waals surface area contributed by atoms with E-state index in [1.165, 1.54) is 0 Å². The predicted octanol–water partition coefficient (Wildman–Crippen LogP) is 2.19. The van der Waals surface area contributed by atoms with E-state index in [0.29, 0.717) is 17.1 Å². The van der Waals surface area contributed by atoms with E-state index in [0.717, 1.165) is 16.9 Å². The predicted molar refractivity (Wildman–Crippen MR) is 79.1 cm³/mol. The molecule has 0 radical (unpaired) electrons. The van der Waals surface area contributed by atoms with Crippen LogP contribution in [0.1, 0.15) is 21.6 Å². The van der Waals surface area contributed by atoms with Gasteiger partial charge in [0, 0.05) is 31.0 Å². The van der Waals surface area contributed by atoms with E-state index in [1.807, 2.05) is 38.9 Å². The number of amides is 1. The smallest absolute Gasteiger partial charge is 0.260 e. The van der Waals surface area contributed by atoms with Gasteiger partial charge in [0.2, 0.25) is 5.88 Å². The van der Waals surface area contributed by atoms with Gasteiger partial charge in [0.05, 0.1) is 11.3 Å². The molecule has 1 aromatic carbocycles. The van der Waals surface area contributed by atoms with Crippen LogP contribution in [0.5, 0.6) is 0 Å². The standard InChI is InChI=1S/C14H18N4O2/c1-8-9(2)17-20-14(8)16-13(19)11-7-10(15)5-6-12(11)18(3)4/h5-7H,15H2,1-4H3,(H,16,19). The van der Waals surface area contributed by atoms with Crippen LogP contribution in [0.4, 0.5) is 17.3 Å². The Labute approximate surface area is 117 Å². The zero-order valence-electron chi connectivity index (χ0n) is 12.0. The van der Waals surface area contributed by atoms with Crippen molar-refractivity contribution in [3.05, 3.63) is 35.0 Å². The van der Waals surface area contributed by atoms with E-state index in [9.17, 15) is 4.79 Å². The van der Waals surface area contributed by atoms with Gasteiger partial charge >= 0.3 is 0 Å². The first-order valence-electron chi connectivity index (χ1n) is 6.21. The summed E-state index contributed by atoms with van der Waals surface area (Å²) in [5, 5.41) is 6.53. The molecular weight excluding hydrogens is 256 g/mol. The molecule has 2 aromatic rings. The number of hydrogen-bond donors (Lipinski definition) is 2. The maximum atomic E-state index is 12.4. The zero-order chi connectivity index (χ0) is 14.9. The molecule has 0 aliphatic rings. The van der Waals surface area contributed by atoms with Crippen LogP contribution in [-0.2, 0) is 0 Å². The fourth-order valence-corrected chi connectivity index (χ4v) is 1.83. The molecule has 1 heterocycles. The second-order valence-electron chi connectivity index (χ2n) is 4.85. The van der Waals surface area contributed by atoms with Gasteiger partial charge in [-0.05, 0) is 32.0 Å². The highest BCUT2D eigenvalue weighted by atomic mass is 16.5. The van der Waals surface area contributed by atoms with Gasteiger partial charge in [0.1, 0.15) is 0 Å². The normalized spacial score (nSPS) is 10.4. The lowest BCUT2D eigenvalue weighted by Crippen LogP contribution is -2.19. The molecule has 20 heavy (non-hydrogen) atoms. The second kappa shape index (κ2) is 5.24. The maximum Gasteiger partial charge on any atom is 0.260 e. The van der Waals surface area contributed by atoms with E-state index >= 15 is 0 Å². The van der Waals surface area contributed by atoms with Crippen LogP contribution in [0.2, 0.25) is 0 Å². The molecule has 1 aromatic heterocycles. The van der Waals surface area contributed by atoms with E-state index in [1.54, 1.807) is 12.1 Å². The summed E-state index contributed by atoms with van der Waals surface area (Å²) >= 11 is 0. The Morgan fingerprint density at radius 1 is 1.35 bits per heavy atom. The van der Waals surface area contributed by atoms with E-state index < -0.39 is 0 Å². The molecule has 2 rings (SSSR count). The fourth-order valence-electron chi connectivity index (χ4n) is 1.83. The summed E-state index contributed by atoms with van der Waals surface area (Å²) in [5.74, 6) is 0.0832. The topological polar surface area (TPSA) is 84.4 Å². The van der Waals surface area contributed by atoms with Crippen LogP contribution in [0.15, 0.2) is 22.7 Å². The minimum absolute atomic E-state index is 0.278. The number of hydrogen-bond acceptors (Lipinski definition) is 5. The number of nitrogens with zero attached hydrogens (tertiary/aromatic N) is 2. The largest absolute Gasteiger partial charge is 0.399 e. The van der Waals surface area contributed by atoms with Crippen molar-refractivity contribution < 1.29 is 9.32 Å². The van der Waals surface area contributed by atoms with Gasteiger partial charge < -0.3 is 15.2 Å². The summed E-state index contributed by atoms with van der Waals surface area (Å²) in [6, 6.07) is 5.21. The summed E-state index contributed by atoms with van der Waals surface area (Å²) in [4.78, 5) is 14.2. The van der Waals surface area contributed by atoms with Gasteiger partial charge in [-0.3, -0.25) is 10.1 Å². The van der Waals surface area contributed by atoms with Crippen molar-refractivity contribution in [3.63, 3.8) is 0 Å². The third-order valence-corrected chi connectivity index (χ3v) is 3.13. The first kappa shape index (κ1) is 13.9. The summed E-state index contributed by atoms with van der Waals surface area (Å²) in [6.45, 7) is 3.66. The van der Waals surface area contributed by atoms with Crippen molar-refractivity contribution in [1.29, 1.82) is 0 Å². The number of anilines is 3. The van der Waals surface area contributed by atoms with Crippen molar-refractivity contribution in [3.8, 4) is 0 Å². The number of carbonyl (C=O) groups is 1. The Hall–Kier alpha value is -2.50. The molecule has 0 fully saturated rings. The molecule has 0 spiro atoms. The number of benzene rings is 1. The van der Waals surface area contributed by atoms with Gasteiger partial charge in [0.15, 0.2) is 0 Å². The van der Waals surface area contributed by atoms with Crippen LogP contribution in [0, 0.1) is 13.8 Å². The lowest BCUT2D eigenvalue weighted by atomic mass is 10.1. The van der Waals surface area contributed by atoms with Crippen LogP contribution in [0.3, 0.4) is 0 Å². The van der Waals surface area contributed by atoms with Crippen molar-refractivity contribution in [2.75, 3.05) is 30.0 Å². The van der Waals surface area contributed by atoms with E-state index in [-0.39, 0.29) is 5.91 Å². The number of aryl methyl sites for hydroxylation is 1. The molecule has 0 aliphatic carbocycles. The molecule has 0 saturated carbocycles. The van der Waals surface area contributed by atoms with Crippen molar-refractivity contribution in [2.45, 2.75) is 13.8 Å². The van der Waals surface area contributed by atoms with Crippen molar-refractivity contribution in [1.82, 2.24) is 5.16 Å². The molecule has 3 N–H and O–H groups in total. The average molecular weight is 274 g/mol. The first-order chi connectivity index (χ1) is 9.40. The second-order valence-corrected chi connectivity index (χ2v) is 4.85. The summed E-state index contributed by atoms with van der Waals surface area (Å²) in [6.07, 6.45) is 0. The molecular formula is C14H18N4O2. The molecule has 0 aliphatic heterocycles. The van der Waals surface area contributed by atoms with Crippen LogP contribution in [-0.4, -0.2) is 25.2 Å². The molecule has 1 amide bonds. The Kier molecular flexibility index (Phi) is 3.65. The molecule has 0 atom stereocenters. The number of rotatable bonds is 3. The van der Waals surface area contributed by atoms with E-state index in [4.69, 9.17) is 10.3 Å². The van der Waals surface area contributed by atoms with Crippen molar-refractivity contribution >= 4 is 23.2 Å². The molecule has 6 heteroatoms. The fraction of sp³-hybridized carbons (Fsp3) is 0.286. The Morgan fingerprint density at radius 2 is 2.05 bits per heavy atom. The maximum absolute atomic E-state index is 12.4. The minimum Gasteiger partial charge on any atom is -0.399 e. The van der Waals surface area contributed by atoms with Gasteiger partial charge in [-0.15, -0.1) is 0 Å². The molecule has 0 saturated heterocycles. The Morgan fingerprint density at radius 3 is 2.60 bits per heavy atom. The minimum atomic E-state index is -0.278. The zero-order valence-corrected chi connectivity index (χ0v) is 12.0. The molecule has 0 unspecified atom stereocenters. The summed E-state index contributed by atoms with van der Waals surface area (Å²) < 4.78 is 5.09. The lowest BCUT2D eigenvalue weighted by Gasteiger charge is -2.17. The number of nitrogens with one attached hydrogen (secondary N) is 1. The molecule has 0 bridgehead atoms. The third kappa shape index (κ3) is 2.59. The Bertz CT molecular complexity index is 647. The number of aromatic nitrogens is 1. The molecule has 6 nitrogen and oxygen atoms in total. The average Bonchev–Trinajstić information content (AvgIpc) is 2.70. The quantitative estimate of drug-likeness (QED) is 0.838. The van der Waals surface area contributed by atoms with Gasteiger partial charge in [-0.25, -0.2) is 0 Å². The van der Waals surface area contributed by atoms with Gasteiger partial charge in [-0.1, -0.05) is 5.16 Å². The van der Waals surface area contributed by atoms with Crippen LogP contribution < -0.4 is 16.0 Å². The third-order valence-electron chi connectivity index (χ3n) is 3.13. The highest BCUT2D eigenvalue weighted by Gasteiger charge is 2.17. The lowest BCUT2D eigenvalue weighted by molar-refractivity contribution is 0.102. The molecule has 106 valence electrons. The first-order valence-corrected chi connectivity index (χ1v) is 6.21. The van der Waals surface area contributed by atoms with E-state index in [2.05, 4.69) is 10.5 Å². The van der Waals surface area contributed by atoms with Crippen molar-refractivity contribution in [2.24, 2.45) is 0 Å². The monoisotopic (exact) mass is 274 g/mol.